The normalized spacial score (nSPS) is 14.9. The standard InChI is InChI=1S/C29H24N4O3S2/c1-3-35-29(34)26-24(36-27(32)22(16-31)25(26)19-9-12-21(37-2)13-10-19)17-38-28-20(15-30)11-14-23(33-28)18-7-5-4-6-8-18/h4-14,25H,3,17,32H2,1-2H3/t25-/m0/s1. The maximum Gasteiger partial charge on any atom is 0.338 e. The fourth-order valence-corrected chi connectivity index (χ4v) is 5.35. The summed E-state index contributed by atoms with van der Waals surface area (Å²) in [5.41, 5.74) is 9.29. The Kier molecular flexibility index (Phi) is 8.75. The summed E-state index contributed by atoms with van der Waals surface area (Å²) in [6.45, 7) is 1.87. The second-order valence-corrected chi connectivity index (χ2v) is 9.91. The van der Waals surface area contributed by atoms with E-state index in [1.165, 1.54) is 11.8 Å². The van der Waals surface area contributed by atoms with E-state index in [2.05, 4.69) is 12.1 Å². The first kappa shape index (κ1) is 26.9. The van der Waals surface area contributed by atoms with Crippen molar-refractivity contribution >= 4 is 29.5 Å². The number of thioether (sulfide) groups is 2. The second kappa shape index (κ2) is 12.4. The number of hydrogen-bond donors (Lipinski definition) is 1. The molecular formula is C29H24N4O3S2. The Bertz CT molecular complexity index is 1490. The Morgan fingerprint density at radius 1 is 1.08 bits per heavy atom. The molecular weight excluding hydrogens is 516 g/mol. The molecule has 2 aromatic carbocycles. The number of carbonyl (C=O) groups excluding carboxylic acids is 1. The molecule has 190 valence electrons. The molecule has 0 saturated heterocycles. The van der Waals surface area contributed by atoms with Gasteiger partial charge in [0, 0.05) is 10.5 Å². The summed E-state index contributed by atoms with van der Waals surface area (Å²) in [7, 11) is 0. The van der Waals surface area contributed by atoms with Gasteiger partial charge in [0.05, 0.1) is 35.1 Å². The zero-order valence-corrected chi connectivity index (χ0v) is 22.4. The zero-order chi connectivity index (χ0) is 27.1. The second-order valence-electron chi connectivity index (χ2n) is 8.07. The van der Waals surface area contributed by atoms with Gasteiger partial charge >= 0.3 is 5.97 Å². The smallest absolute Gasteiger partial charge is 0.338 e. The summed E-state index contributed by atoms with van der Waals surface area (Å²) in [6, 6.07) is 25.0. The molecule has 0 bridgehead atoms. The van der Waals surface area contributed by atoms with Crippen molar-refractivity contribution in [2.24, 2.45) is 5.73 Å². The van der Waals surface area contributed by atoms with Gasteiger partial charge in [-0.3, -0.25) is 0 Å². The molecule has 7 nitrogen and oxygen atoms in total. The molecule has 1 atom stereocenters. The molecule has 2 heterocycles. The fraction of sp³-hybridized carbons (Fsp3) is 0.172. The molecule has 1 aliphatic rings. The minimum atomic E-state index is -0.752. The van der Waals surface area contributed by atoms with Crippen molar-refractivity contribution in [3.05, 3.63) is 101 Å². The highest BCUT2D eigenvalue weighted by atomic mass is 32.2. The zero-order valence-electron chi connectivity index (χ0n) is 20.8. The minimum Gasteiger partial charge on any atom is -0.463 e. The van der Waals surface area contributed by atoms with Crippen LogP contribution in [0.5, 0.6) is 0 Å². The number of rotatable bonds is 8. The van der Waals surface area contributed by atoms with Gasteiger partial charge in [0.2, 0.25) is 5.88 Å². The minimum absolute atomic E-state index is 0.0680. The first-order valence-electron chi connectivity index (χ1n) is 11.7. The van der Waals surface area contributed by atoms with Gasteiger partial charge in [-0.15, -0.1) is 11.8 Å². The largest absolute Gasteiger partial charge is 0.463 e. The molecule has 3 aromatic rings. The number of carbonyl (C=O) groups is 1. The van der Waals surface area contributed by atoms with Gasteiger partial charge in [-0.25, -0.2) is 9.78 Å². The van der Waals surface area contributed by atoms with Crippen LogP contribution in [0.3, 0.4) is 0 Å². The third-order valence-corrected chi connectivity index (χ3v) is 7.57. The van der Waals surface area contributed by atoms with Crippen LogP contribution in [-0.4, -0.2) is 29.6 Å². The van der Waals surface area contributed by atoms with Crippen molar-refractivity contribution < 1.29 is 14.3 Å². The monoisotopic (exact) mass is 540 g/mol. The Morgan fingerprint density at radius 3 is 2.45 bits per heavy atom. The number of ether oxygens (including phenoxy) is 2. The van der Waals surface area contributed by atoms with Gasteiger partial charge in [0.25, 0.3) is 0 Å². The van der Waals surface area contributed by atoms with Crippen molar-refractivity contribution in [2.75, 3.05) is 18.6 Å². The Balaban J connectivity index is 1.76. The number of aromatic nitrogens is 1. The van der Waals surface area contributed by atoms with Crippen molar-refractivity contribution in [3.8, 4) is 23.4 Å². The van der Waals surface area contributed by atoms with Crippen LogP contribution in [0.15, 0.2) is 99.4 Å². The maximum atomic E-state index is 13.2. The number of esters is 1. The Labute approximate surface area is 230 Å². The van der Waals surface area contributed by atoms with E-state index in [9.17, 15) is 15.3 Å². The summed E-state index contributed by atoms with van der Waals surface area (Å²) in [5.74, 6) is -0.999. The molecule has 38 heavy (non-hydrogen) atoms. The molecule has 0 unspecified atom stereocenters. The van der Waals surface area contributed by atoms with Crippen LogP contribution in [0.25, 0.3) is 11.3 Å². The number of benzene rings is 2. The van der Waals surface area contributed by atoms with E-state index in [1.54, 1.807) is 30.8 Å². The number of pyridine rings is 1. The quantitative estimate of drug-likeness (QED) is 0.281. The van der Waals surface area contributed by atoms with Crippen molar-refractivity contribution in [1.82, 2.24) is 4.98 Å². The average molecular weight is 541 g/mol. The molecule has 0 fully saturated rings. The predicted molar refractivity (Wildman–Crippen MR) is 148 cm³/mol. The van der Waals surface area contributed by atoms with Gasteiger partial charge in [-0.2, -0.15) is 10.5 Å². The molecule has 2 N–H and O–H groups in total. The molecule has 0 radical (unpaired) electrons. The van der Waals surface area contributed by atoms with E-state index in [1.807, 2.05) is 60.9 Å². The highest BCUT2D eigenvalue weighted by Gasteiger charge is 2.37. The average Bonchev–Trinajstić information content (AvgIpc) is 2.96. The predicted octanol–water partition coefficient (Wildman–Crippen LogP) is 5.76. The highest BCUT2D eigenvalue weighted by Crippen LogP contribution is 2.41. The Morgan fingerprint density at radius 2 is 1.82 bits per heavy atom. The molecule has 1 aromatic heterocycles. The molecule has 0 aliphatic carbocycles. The van der Waals surface area contributed by atoms with Crippen molar-refractivity contribution in [2.45, 2.75) is 22.8 Å². The van der Waals surface area contributed by atoms with E-state index in [0.717, 1.165) is 16.0 Å². The number of allylic oxidation sites excluding steroid dienone is 1. The number of nitriles is 2. The molecule has 0 saturated carbocycles. The molecule has 9 heteroatoms. The summed E-state index contributed by atoms with van der Waals surface area (Å²) in [5, 5.41) is 20.1. The SMILES string of the molecule is CCOC(=O)C1=C(CSc2nc(-c3ccccc3)ccc2C#N)OC(N)=C(C#N)[C@@H]1c1ccc(SC)cc1. The topological polar surface area (TPSA) is 122 Å². The van der Waals surface area contributed by atoms with Crippen LogP contribution in [-0.2, 0) is 14.3 Å². The van der Waals surface area contributed by atoms with E-state index in [4.69, 9.17) is 20.2 Å². The van der Waals surface area contributed by atoms with E-state index in [-0.39, 0.29) is 35.1 Å². The van der Waals surface area contributed by atoms with E-state index >= 15 is 0 Å². The first-order valence-corrected chi connectivity index (χ1v) is 13.9. The lowest BCUT2D eigenvalue weighted by Crippen LogP contribution is -2.27. The molecule has 0 spiro atoms. The lowest BCUT2D eigenvalue weighted by Gasteiger charge is -2.28. The highest BCUT2D eigenvalue weighted by molar-refractivity contribution is 7.99. The van der Waals surface area contributed by atoms with Crippen LogP contribution in [0.4, 0.5) is 0 Å². The maximum absolute atomic E-state index is 13.2. The van der Waals surface area contributed by atoms with Crippen LogP contribution in [0.1, 0.15) is 24.0 Å². The van der Waals surface area contributed by atoms with Crippen LogP contribution >= 0.6 is 23.5 Å². The summed E-state index contributed by atoms with van der Waals surface area (Å²) >= 11 is 2.84. The van der Waals surface area contributed by atoms with Crippen LogP contribution in [0, 0.1) is 22.7 Å². The van der Waals surface area contributed by atoms with Gasteiger partial charge in [-0.1, -0.05) is 54.2 Å². The summed E-state index contributed by atoms with van der Waals surface area (Å²) < 4.78 is 11.2. The lowest BCUT2D eigenvalue weighted by molar-refractivity contribution is -0.139. The van der Waals surface area contributed by atoms with Gasteiger partial charge in [-0.05, 0) is 43.0 Å². The third kappa shape index (κ3) is 5.70. The summed E-state index contributed by atoms with van der Waals surface area (Å²) in [4.78, 5) is 19.0. The lowest BCUT2D eigenvalue weighted by atomic mass is 9.83. The number of nitrogens with two attached hydrogens (primary N) is 1. The Hall–Kier alpha value is -4.18. The van der Waals surface area contributed by atoms with Gasteiger partial charge in [0.15, 0.2) is 0 Å². The molecule has 0 amide bonds. The molecule has 1 aliphatic heterocycles. The number of hydrogen-bond acceptors (Lipinski definition) is 9. The van der Waals surface area contributed by atoms with Crippen molar-refractivity contribution in [3.63, 3.8) is 0 Å². The van der Waals surface area contributed by atoms with E-state index < -0.39 is 11.9 Å². The van der Waals surface area contributed by atoms with Crippen molar-refractivity contribution in [1.29, 1.82) is 10.5 Å². The first-order chi connectivity index (χ1) is 18.5. The number of nitrogens with zero attached hydrogens (tertiary/aromatic N) is 3. The van der Waals surface area contributed by atoms with Crippen LogP contribution in [0.2, 0.25) is 0 Å². The molecule has 4 rings (SSSR count). The van der Waals surface area contributed by atoms with Gasteiger partial charge in [0.1, 0.15) is 28.5 Å². The van der Waals surface area contributed by atoms with Crippen LogP contribution < -0.4 is 5.73 Å². The van der Waals surface area contributed by atoms with Gasteiger partial charge < -0.3 is 15.2 Å². The third-order valence-electron chi connectivity index (χ3n) is 5.83. The van der Waals surface area contributed by atoms with E-state index in [0.29, 0.717) is 16.3 Å². The fourth-order valence-electron chi connectivity index (χ4n) is 4.03. The summed E-state index contributed by atoms with van der Waals surface area (Å²) in [6.07, 6.45) is 1.97.